The fraction of sp³-hybridized carbons (Fsp3) is 0.156. The number of aromatic hydroxyl groups is 1. The summed E-state index contributed by atoms with van der Waals surface area (Å²) in [6, 6.07) is 34.4. The Hall–Kier alpha value is -5.78. The third-order valence-corrected chi connectivity index (χ3v) is 10.1. The van der Waals surface area contributed by atoms with Crippen molar-refractivity contribution in [3.63, 3.8) is 0 Å². The maximum absolute atomic E-state index is 12.5. The van der Waals surface area contributed by atoms with E-state index in [2.05, 4.69) is 10.2 Å². The van der Waals surface area contributed by atoms with Gasteiger partial charge in [-0.15, -0.1) is 0 Å². The van der Waals surface area contributed by atoms with Crippen molar-refractivity contribution in [1.29, 1.82) is 0 Å². The molecule has 2 aromatic heterocycles. The summed E-state index contributed by atoms with van der Waals surface area (Å²) >= 11 is 24.9. The monoisotopic (exact) mass is 870 g/mol. The molecular weight excluding hydrogens is 834 g/mol. The number of nitrogens with zero attached hydrogens (tertiary/aromatic N) is 4. The number of rotatable bonds is 11. The zero-order valence-corrected chi connectivity index (χ0v) is 35.4. The van der Waals surface area contributed by atoms with Crippen molar-refractivity contribution in [2.45, 2.75) is 34.3 Å². The van der Waals surface area contributed by atoms with Crippen LogP contribution in [0.2, 0.25) is 20.1 Å². The van der Waals surface area contributed by atoms with Crippen molar-refractivity contribution >= 4 is 58.3 Å². The second kappa shape index (κ2) is 19.3. The highest BCUT2D eigenvalue weighted by Crippen LogP contribution is 2.35. The Balaban J connectivity index is 0.000000204. The fourth-order valence-electron chi connectivity index (χ4n) is 6.18. The molecule has 0 atom stereocenters. The molecule has 7 aromatic rings. The summed E-state index contributed by atoms with van der Waals surface area (Å²) in [6.45, 7) is 8.12. The van der Waals surface area contributed by atoms with Crippen LogP contribution in [0.1, 0.15) is 51.5 Å². The third-order valence-electron chi connectivity index (χ3n) is 8.97. The van der Waals surface area contributed by atoms with Gasteiger partial charge in [0.25, 0.3) is 0 Å². The van der Waals surface area contributed by atoms with Crippen molar-refractivity contribution in [2.75, 3.05) is 13.2 Å². The number of phenols is 1. The molecule has 0 radical (unpaired) electrons. The molecular formula is C45H38Cl4N4O6. The lowest BCUT2D eigenvalue weighted by Crippen LogP contribution is -2.08. The van der Waals surface area contributed by atoms with Gasteiger partial charge in [-0.2, -0.15) is 10.2 Å². The molecule has 7 rings (SSSR count). The van der Waals surface area contributed by atoms with Crippen molar-refractivity contribution in [1.82, 2.24) is 19.6 Å². The maximum atomic E-state index is 12.5. The van der Waals surface area contributed by atoms with E-state index in [1.807, 2.05) is 61.5 Å². The van der Waals surface area contributed by atoms with Crippen LogP contribution in [0.25, 0.3) is 33.9 Å². The van der Waals surface area contributed by atoms with Gasteiger partial charge in [0.2, 0.25) is 0 Å². The summed E-state index contributed by atoms with van der Waals surface area (Å²) in [5.41, 5.74) is 7.11. The number of carbonyl (C=O) groups is 2. The van der Waals surface area contributed by atoms with Crippen LogP contribution in [-0.4, -0.2) is 49.8 Å². The predicted octanol–water partition coefficient (Wildman–Crippen LogP) is 11.9. The molecule has 14 heteroatoms. The molecule has 0 unspecified atom stereocenters. The fourth-order valence-corrected chi connectivity index (χ4v) is 7.16. The molecule has 59 heavy (non-hydrogen) atoms. The first-order valence-electron chi connectivity index (χ1n) is 18.4. The normalized spacial score (nSPS) is 10.8. The summed E-state index contributed by atoms with van der Waals surface area (Å²) in [7, 11) is 0. The highest BCUT2D eigenvalue weighted by Gasteiger charge is 2.25. The summed E-state index contributed by atoms with van der Waals surface area (Å²) in [5, 5.41) is 20.4. The van der Waals surface area contributed by atoms with Crippen LogP contribution < -0.4 is 4.74 Å². The first kappa shape index (κ1) is 42.8. The predicted molar refractivity (Wildman–Crippen MR) is 232 cm³/mol. The van der Waals surface area contributed by atoms with Gasteiger partial charge in [0.05, 0.1) is 46.0 Å². The molecule has 0 aliphatic heterocycles. The van der Waals surface area contributed by atoms with Crippen molar-refractivity contribution < 1.29 is 28.9 Å². The molecule has 2 heterocycles. The van der Waals surface area contributed by atoms with Crippen LogP contribution in [0.4, 0.5) is 0 Å². The second-order valence-electron chi connectivity index (χ2n) is 12.9. The minimum absolute atomic E-state index is 0.146. The van der Waals surface area contributed by atoms with Crippen molar-refractivity contribution in [2.24, 2.45) is 0 Å². The second-order valence-corrected chi connectivity index (χ2v) is 14.6. The highest BCUT2D eigenvalue weighted by atomic mass is 35.5. The average molecular weight is 873 g/mol. The molecule has 10 nitrogen and oxygen atoms in total. The Morgan fingerprint density at radius 3 is 1.47 bits per heavy atom. The van der Waals surface area contributed by atoms with E-state index in [-0.39, 0.29) is 30.4 Å². The Bertz CT molecular complexity index is 2590. The number of phenolic OH excluding ortho intramolecular Hbond substituents is 1. The zero-order valence-electron chi connectivity index (χ0n) is 32.4. The van der Waals surface area contributed by atoms with E-state index in [4.69, 9.17) is 60.6 Å². The first-order chi connectivity index (χ1) is 28.4. The van der Waals surface area contributed by atoms with Crippen LogP contribution in [-0.2, 0) is 16.1 Å². The zero-order chi connectivity index (χ0) is 42.2. The number of esters is 2. The van der Waals surface area contributed by atoms with Gasteiger partial charge in [0.15, 0.2) is 11.4 Å². The molecule has 0 bridgehead atoms. The number of carbonyl (C=O) groups excluding carboxylic acids is 2. The highest BCUT2D eigenvalue weighted by molar-refractivity contribution is 6.36. The summed E-state index contributed by atoms with van der Waals surface area (Å²) in [4.78, 5) is 24.8. The average Bonchev–Trinajstić information content (AvgIpc) is 3.74. The van der Waals surface area contributed by atoms with E-state index >= 15 is 0 Å². The van der Waals surface area contributed by atoms with E-state index in [1.165, 1.54) is 0 Å². The van der Waals surface area contributed by atoms with Crippen LogP contribution in [0.5, 0.6) is 11.5 Å². The Kier molecular flexibility index (Phi) is 14.0. The summed E-state index contributed by atoms with van der Waals surface area (Å²) < 4.78 is 19.5. The van der Waals surface area contributed by atoms with Gasteiger partial charge in [0, 0.05) is 32.3 Å². The molecule has 302 valence electrons. The number of ether oxygens (including phenoxy) is 3. The maximum Gasteiger partial charge on any atom is 0.359 e. The van der Waals surface area contributed by atoms with E-state index in [0.29, 0.717) is 54.9 Å². The lowest BCUT2D eigenvalue weighted by molar-refractivity contribution is 0.0508. The largest absolute Gasteiger partial charge is 0.508 e. The lowest BCUT2D eigenvalue weighted by Gasteiger charge is -2.12. The van der Waals surface area contributed by atoms with Gasteiger partial charge in [-0.3, -0.25) is 0 Å². The van der Waals surface area contributed by atoms with Gasteiger partial charge in [-0.25, -0.2) is 19.0 Å². The first-order valence-corrected chi connectivity index (χ1v) is 19.9. The minimum atomic E-state index is -0.506. The van der Waals surface area contributed by atoms with E-state index in [1.54, 1.807) is 90.8 Å². The number of benzene rings is 5. The van der Waals surface area contributed by atoms with E-state index in [0.717, 1.165) is 28.1 Å². The Labute approximate surface area is 361 Å². The molecule has 1 N–H and O–H groups in total. The SMILES string of the molecule is CCOC(=O)c1nn(-c2ccc(Cl)cc2Cl)c(-c2ccc(O)cc2)c1C.CCOC(=O)c1nn(-c2ccc(Cl)cc2Cl)c(-c2ccc(OCc3ccccc3)cc2)c1C. The van der Waals surface area contributed by atoms with E-state index in [9.17, 15) is 14.7 Å². The molecule has 0 spiro atoms. The van der Waals surface area contributed by atoms with Gasteiger partial charge >= 0.3 is 11.9 Å². The molecule has 0 aliphatic carbocycles. The number of aromatic nitrogens is 4. The Morgan fingerprint density at radius 1 is 0.610 bits per heavy atom. The number of halogens is 4. The van der Waals surface area contributed by atoms with Crippen molar-refractivity contribution in [3.8, 4) is 45.4 Å². The van der Waals surface area contributed by atoms with Crippen LogP contribution in [0.3, 0.4) is 0 Å². The van der Waals surface area contributed by atoms with Gasteiger partial charge < -0.3 is 19.3 Å². The molecule has 0 saturated carbocycles. The van der Waals surface area contributed by atoms with Crippen LogP contribution in [0, 0.1) is 13.8 Å². The van der Waals surface area contributed by atoms with E-state index < -0.39 is 11.9 Å². The van der Waals surface area contributed by atoms with Gasteiger partial charge in [0.1, 0.15) is 18.1 Å². The van der Waals surface area contributed by atoms with Crippen LogP contribution in [0.15, 0.2) is 115 Å². The molecule has 5 aromatic carbocycles. The van der Waals surface area contributed by atoms with Gasteiger partial charge in [-0.05, 0) is 118 Å². The molecule has 0 amide bonds. The summed E-state index contributed by atoms with van der Waals surface area (Å²) in [6.07, 6.45) is 0. The number of hydrogen-bond donors (Lipinski definition) is 1. The lowest BCUT2D eigenvalue weighted by atomic mass is 10.1. The van der Waals surface area contributed by atoms with Gasteiger partial charge in [-0.1, -0.05) is 76.7 Å². The minimum Gasteiger partial charge on any atom is -0.508 e. The van der Waals surface area contributed by atoms with Crippen LogP contribution >= 0.6 is 46.4 Å². The molecule has 0 saturated heterocycles. The topological polar surface area (TPSA) is 118 Å². The standard InChI is InChI=1S/C26H22Cl2N2O3.C19H16Cl2N2O3/c1-3-32-26(31)24-17(2)25(30(29-24)23-14-11-20(27)15-22(23)28)19-9-12-21(13-10-19)33-16-18-7-5-4-6-8-18;1-3-26-19(25)17-11(2)18(12-4-7-14(24)8-5-12)23(22-17)16-9-6-13(20)10-15(16)21/h4-15H,3,16H2,1-2H3;4-10,24H,3H2,1-2H3. The van der Waals surface area contributed by atoms with Crippen molar-refractivity contribution in [3.05, 3.63) is 163 Å². The number of hydrogen-bond acceptors (Lipinski definition) is 8. The third kappa shape index (κ3) is 9.92. The molecule has 0 aliphatic rings. The molecule has 0 fully saturated rings. The smallest absolute Gasteiger partial charge is 0.359 e. The Morgan fingerprint density at radius 2 is 1.05 bits per heavy atom. The summed E-state index contributed by atoms with van der Waals surface area (Å²) in [5.74, 6) is -0.106. The quantitative estimate of drug-likeness (QED) is 0.128.